The summed E-state index contributed by atoms with van der Waals surface area (Å²) in [6.45, 7) is 0.987. The molecule has 4 aromatic carbocycles. The van der Waals surface area contributed by atoms with Gasteiger partial charge in [0.2, 0.25) is 5.78 Å². The molecular weight excluding hydrogens is 528 g/mol. The minimum Gasteiger partial charge on any atom is -0.508 e. The Kier molecular flexibility index (Phi) is 7.75. The first-order valence-corrected chi connectivity index (χ1v) is 13.1. The van der Waals surface area contributed by atoms with Crippen molar-refractivity contribution in [3.05, 3.63) is 95.1 Å². The Morgan fingerprint density at radius 3 is 2.29 bits per heavy atom. The molecular formula is C31H28N2O8. The molecule has 41 heavy (non-hydrogen) atoms. The van der Waals surface area contributed by atoms with Crippen molar-refractivity contribution in [1.29, 1.82) is 0 Å². The summed E-state index contributed by atoms with van der Waals surface area (Å²) < 4.78 is 5.71. The Balaban J connectivity index is 1.35. The fourth-order valence-corrected chi connectivity index (χ4v) is 4.91. The molecule has 1 aliphatic heterocycles. The fourth-order valence-electron chi connectivity index (χ4n) is 4.91. The molecule has 1 amide bonds. The van der Waals surface area contributed by atoms with Crippen LogP contribution in [0.3, 0.4) is 0 Å². The summed E-state index contributed by atoms with van der Waals surface area (Å²) >= 11 is 0. The Bertz CT molecular complexity index is 1610. The minimum atomic E-state index is -0.862. The van der Waals surface area contributed by atoms with E-state index in [0.717, 1.165) is 12.1 Å². The summed E-state index contributed by atoms with van der Waals surface area (Å²) in [5, 5.41) is 48.7. The van der Waals surface area contributed by atoms with Crippen molar-refractivity contribution in [3.8, 4) is 23.0 Å². The lowest BCUT2D eigenvalue weighted by Crippen LogP contribution is -2.49. The number of phenols is 4. The predicted molar refractivity (Wildman–Crippen MR) is 149 cm³/mol. The van der Waals surface area contributed by atoms with Crippen LogP contribution in [0.2, 0.25) is 0 Å². The van der Waals surface area contributed by atoms with Crippen molar-refractivity contribution in [2.45, 2.75) is 25.0 Å². The summed E-state index contributed by atoms with van der Waals surface area (Å²) in [6, 6.07) is 17.1. The third-order valence-electron chi connectivity index (χ3n) is 7.06. The second-order valence-electron chi connectivity index (χ2n) is 9.82. The van der Waals surface area contributed by atoms with E-state index >= 15 is 0 Å². The van der Waals surface area contributed by atoms with Gasteiger partial charge in [0.15, 0.2) is 0 Å². The number of hydrogen-bond acceptors (Lipinski definition) is 9. The van der Waals surface area contributed by atoms with E-state index in [4.69, 9.17) is 4.74 Å². The van der Waals surface area contributed by atoms with Gasteiger partial charge in [0.25, 0.3) is 5.91 Å². The molecule has 2 atom stereocenters. The lowest BCUT2D eigenvalue weighted by Gasteiger charge is -2.26. The lowest BCUT2D eigenvalue weighted by molar-refractivity contribution is 0.0191. The average Bonchev–Trinajstić information content (AvgIpc) is 3.17. The van der Waals surface area contributed by atoms with E-state index in [1.165, 1.54) is 30.3 Å². The van der Waals surface area contributed by atoms with Crippen LogP contribution < -0.4 is 10.6 Å². The molecule has 210 valence electrons. The van der Waals surface area contributed by atoms with Crippen molar-refractivity contribution >= 4 is 28.4 Å². The second kappa shape index (κ2) is 11.6. The summed E-state index contributed by atoms with van der Waals surface area (Å²) in [4.78, 5) is 39.1. The second-order valence-corrected chi connectivity index (χ2v) is 9.82. The average molecular weight is 557 g/mol. The van der Waals surface area contributed by atoms with Crippen LogP contribution in [0.1, 0.15) is 49.5 Å². The summed E-state index contributed by atoms with van der Waals surface area (Å²) in [5.41, 5.74) is -0.461. The number of ether oxygens (including phenoxy) is 1. The predicted octanol–water partition coefficient (Wildman–Crippen LogP) is 3.60. The van der Waals surface area contributed by atoms with Crippen LogP contribution in [-0.2, 0) is 4.74 Å². The van der Waals surface area contributed by atoms with Crippen LogP contribution in [0.4, 0.5) is 0 Å². The molecule has 1 saturated heterocycles. The Morgan fingerprint density at radius 1 is 0.854 bits per heavy atom. The number of nitrogens with one attached hydrogen (secondary N) is 2. The van der Waals surface area contributed by atoms with Gasteiger partial charge < -0.3 is 35.8 Å². The minimum absolute atomic E-state index is 0.0257. The molecule has 4 aromatic rings. The highest BCUT2D eigenvalue weighted by molar-refractivity contribution is 6.16. The quantitative estimate of drug-likeness (QED) is 0.154. The Morgan fingerprint density at radius 2 is 1.56 bits per heavy atom. The SMILES string of the molecule is O=C(NC1CNCCC[C@H]1OC(=O)c1cc(O)c(C(=O)c2ccc3ccccc3c2O)c(O)c1)c1ccc(O)cc1. The molecule has 6 N–H and O–H groups in total. The maximum Gasteiger partial charge on any atom is 0.338 e. The normalized spacial score (nSPS) is 17.0. The van der Waals surface area contributed by atoms with Gasteiger partial charge in [-0.05, 0) is 67.2 Å². The van der Waals surface area contributed by atoms with E-state index in [0.29, 0.717) is 42.3 Å². The smallest absolute Gasteiger partial charge is 0.338 e. The number of carbonyl (C=O) groups is 3. The number of phenolic OH excluding ortho intramolecular Hbond substituents is 4. The van der Waals surface area contributed by atoms with E-state index < -0.39 is 46.9 Å². The summed E-state index contributed by atoms with van der Waals surface area (Å²) in [5.74, 6) is -3.68. The molecule has 10 heteroatoms. The van der Waals surface area contributed by atoms with Gasteiger partial charge in [-0.3, -0.25) is 9.59 Å². The van der Waals surface area contributed by atoms with Crippen LogP contribution in [0.25, 0.3) is 10.8 Å². The fraction of sp³-hybridized carbons (Fsp3) is 0.194. The van der Waals surface area contributed by atoms with E-state index in [9.17, 15) is 34.8 Å². The van der Waals surface area contributed by atoms with E-state index in [1.807, 2.05) is 0 Å². The van der Waals surface area contributed by atoms with Crippen molar-refractivity contribution in [3.63, 3.8) is 0 Å². The van der Waals surface area contributed by atoms with Gasteiger partial charge in [0.05, 0.1) is 17.2 Å². The number of esters is 1. The van der Waals surface area contributed by atoms with Gasteiger partial charge >= 0.3 is 5.97 Å². The van der Waals surface area contributed by atoms with E-state index in [-0.39, 0.29) is 22.6 Å². The monoisotopic (exact) mass is 556 g/mol. The first-order chi connectivity index (χ1) is 19.7. The lowest BCUT2D eigenvalue weighted by atomic mass is 9.96. The number of fused-ring (bicyclic) bond motifs is 1. The Labute approximate surface area is 234 Å². The van der Waals surface area contributed by atoms with Gasteiger partial charge in [-0.25, -0.2) is 4.79 Å². The van der Waals surface area contributed by atoms with Crippen molar-refractivity contribution < 1.29 is 39.5 Å². The number of aromatic hydroxyl groups is 4. The number of amides is 1. The highest BCUT2D eigenvalue weighted by Gasteiger charge is 2.30. The van der Waals surface area contributed by atoms with Crippen molar-refractivity contribution in [2.75, 3.05) is 13.1 Å². The van der Waals surface area contributed by atoms with Crippen molar-refractivity contribution in [2.24, 2.45) is 0 Å². The van der Waals surface area contributed by atoms with Gasteiger partial charge in [0, 0.05) is 17.5 Å². The molecule has 5 rings (SSSR count). The molecule has 0 saturated carbocycles. The molecule has 0 radical (unpaired) electrons. The molecule has 1 aliphatic rings. The third-order valence-corrected chi connectivity index (χ3v) is 7.06. The zero-order chi connectivity index (χ0) is 29.1. The third kappa shape index (κ3) is 5.78. The van der Waals surface area contributed by atoms with Crippen LogP contribution in [-0.4, -0.2) is 63.3 Å². The zero-order valence-electron chi connectivity index (χ0n) is 21.8. The number of carbonyl (C=O) groups excluding carboxylic acids is 3. The molecule has 0 aromatic heterocycles. The highest BCUT2D eigenvalue weighted by Crippen LogP contribution is 2.36. The maximum absolute atomic E-state index is 13.2. The number of ketones is 1. The first kappa shape index (κ1) is 27.5. The summed E-state index contributed by atoms with van der Waals surface area (Å²) in [6.07, 6.45) is 0.385. The highest BCUT2D eigenvalue weighted by atomic mass is 16.5. The zero-order valence-corrected chi connectivity index (χ0v) is 21.8. The molecule has 0 bridgehead atoms. The largest absolute Gasteiger partial charge is 0.508 e. The molecule has 1 unspecified atom stereocenters. The van der Waals surface area contributed by atoms with Crippen LogP contribution in [0, 0.1) is 0 Å². The van der Waals surface area contributed by atoms with Crippen LogP contribution >= 0.6 is 0 Å². The molecule has 0 spiro atoms. The molecule has 10 nitrogen and oxygen atoms in total. The molecule has 1 fully saturated rings. The molecule has 0 aliphatic carbocycles. The Hall–Kier alpha value is -5.09. The van der Waals surface area contributed by atoms with Gasteiger partial charge in [-0.2, -0.15) is 0 Å². The number of rotatable bonds is 6. The number of benzene rings is 4. The van der Waals surface area contributed by atoms with Crippen molar-refractivity contribution in [1.82, 2.24) is 10.6 Å². The topological polar surface area (TPSA) is 165 Å². The van der Waals surface area contributed by atoms with Gasteiger partial charge in [-0.1, -0.05) is 30.3 Å². The standard InChI is InChI=1S/C31H28N2O8/c34-20-10-7-18(8-11-20)30(39)33-23-16-32-13-3-6-26(23)41-31(40)19-14-24(35)27(25(36)15-19)29(38)22-12-9-17-4-1-2-5-21(17)28(22)37/h1-2,4-5,7-12,14-15,23,26,32,34-37H,3,6,13,16H2,(H,33,39)/t23?,26-/m1/s1. The van der Waals surface area contributed by atoms with E-state index in [1.54, 1.807) is 30.3 Å². The van der Waals surface area contributed by atoms with Gasteiger partial charge in [-0.15, -0.1) is 0 Å². The number of hydrogen-bond donors (Lipinski definition) is 6. The van der Waals surface area contributed by atoms with Gasteiger partial charge in [0.1, 0.15) is 34.7 Å². The summed E-state index contributed by atoms with van der Waals surface area (Å²) in [7, 11) is 0. The maximum atomic E-state index is 13.2. The van der Waals surface area contributed by atoms with E-state index in [2.05, 4.69) is 10.6 Å². The van der Waals surface area contributed by atoms with Crippen LogP contribution in [0.15, 0.2) is 72.8 Å². The van der Waals surface area contributed by atoms with Crippen LogP contribution in [0.5, 0.6) is 23.0 Å². The molecule has 1 heterocycles. The first-order valence-electron chi connectivity index (χ1n) is 13.1.